The van der Waals surface area contributed by atoms with Gasteiger partial charge in [-0.2, -0.15) is 4.98 Å². The third-order valence-electron chi connectivity index (χ3n) is 5.93. The zero-order valence-electron chi connectivity index (χ0n) is 16.7. The monoisotopic (exact) mass is 427 g/mol. The highest BCUT2D eigenvalue weighted by Gasteiger charge is 2.31. The van der Waals surface area contributed by atoms with E-state index in [4.69, 9.17) is 0 Å². The van der Waals surface area contributed by atoms with Gasteiger partial charge in [-0.15, -0.1) is 5.10 Å². The summed E-state index contributed by atoms with van der Waals surface area (Å²) in [6, 6.07) is 8.30. The minimum atomic E-state index is -2.86. The van der Waals surface area contributed by atoms with E-state index in [-0.39, 0.29) is 29.4 Å². The molecule has 1 unspecified atom stereocenters. The molecule has 1 atom stereocenters. The average Bonchev–Trinajstić information content (AvgIpc) is 3.50. The first kappa shape index (κ1) is 19.4. The van der Waals surface area contributed by atoms with Crippen LogP contribution < -0.4 is 5.32 Å². The second kappa shape index (κ2) is 7.63. The van der Waals surface area contributed by atoms with Gasteiger partial charge in [0.15, 0.2) is 9.84 Å². The van der Waals surface area contributed by atoms with Gasteiger partial charge in [0.25, 0.3) is 0 Å². The fraction of sp³-hybridized carbons (Fsp3) is 0.476. The van der Waals surface area contributed by atoms with Crippen LogP contribution in [-0.2, 0) is 27.6 Å². The number of nitrogens with zero attached hydrogens (tertiary/aromatic N) is 4. The van der Waals surface area contributed by atoms with Crippen LogP contribution in [0.4, 0.5) is 5.95 Å². The minimum absolute atomic E-state index is 0.0114. The Balaban J connectivity index is 1.28. The topological polar surface area (TPSA) is 97.2 Å². The lowest BCUT2D eigenvalue weighted by atomic mass is 10.0. The van der Waals surface area contributed by atoms with Crippen molar-refractivity contribution in [2.75, 3.05) is 29.9 Å². The largest absolute Gasteiger partial charge is 0.297 e. The Kier molecular flexibility index (Phi) is 4.94. The maximum absolute atomic E-state index is 12.0. The SMILES string of the molecule is O=C(Nc1nc2n(n1)C(c1ccc(CN3CCS(=O)(=O)CC3)cc1)C=CC2)C1CC1. The summed E-state index contributed by atoms with van der Waals surface area (Å²) in [5, 5.41) is 7.38. The quantitative estimate of drug-likeness (QED) is 0.728. The van der Waals surface area contributed by atoms with E-state index in [9.17, 15) is 13.2 Å². The lowest BCUT2D eigenvalue weighted by molar-refractivity contribution is -0.117. The van der Waals surface area contributed by atoms with E-state index in [1.807, 2.05) is 4.68 Å². The number of benzene rings is 1. The van der Waals surface area contributed by atoms with Gasteiger partial charge in [0, 0.05) is 32.0 Å². The molecule has 1 saturated heterocycles. The van der Waals surface area contributed by atoms with Gasteiger partial charge < -0.3 is 0 Å². The van der Waals surface area contributed by atoms with Gasteiger partial charge >= 0.3 is 0 Å². The number of hydrogen-bond acceptors (Lipinski definition) is 6. The number of sulfone groups is 1. The lowest BCUT2D eigenvalue weighted by Gasteiger charge is -2.26. The van der Waals surface area contributed by atoms with E-state index in [1.54, 1.807) is 0 Å². The zero-order chi connectivity index (χ0) is 20.7. The lowest BCUT2D eigenvalue weighted by Crippen LogP contribution is -2.39. The predicted molar refractivity (Wildman–Crippen MR) is 113 cm³/mol. The molecule has 0 bridgehead atoms. The van der Waals surface area contributed by atoms with Crippen LogP contribution in [0, 0.1) is 5.92 Å². The highest BCUT2D eigenvalue weighted by atomic mass is 32.2. The molecule has 2 fully saturated rings. The van der Waals surface area contributed by atoms with Crippen molar-refractivity contribution in [2.24, 2.45) is 5.92 Å². The standard InChI is InChI=1S/C21H25N5O3S/c27-20(17-8-9-17)23-21-22-19-3-1-2-18(26(19)24-21)16-6-4-15(5-7-16)14-25-10-12-30(28,29)13-11-25/h1-2,4-7,17-18H,3,8-14H2,(H,23,24,27). The second-order valence-corrected chi connectivity index (χ2v) is 10.6. The molecule has 3 heterocycles. The Morgan fingerprint density at radius 1 is 1.13 bits per heavy atom. The molecule has 1 saturated carbocycles. The van der Waals surface area contributed by atoms with Crippen LogP contribution in [-0.4, -0.2) is 58.6 Å². The number of nitrogens with one attached hydrogen (secondary N) is 1. The molecule has 1 amide bonds. The third kappa shape index (κ3) is 4.17. The van der Waals surface area contributed by atoms with Crippen molar-refractivity contribution >= 4 is 21.7 Å². The van der Waals surface area contributed by atoms with Crippen molar-refractivity contribution in [1.29, 1.82) is 0 Å². The molecule has 0 radical (unpaired) electrons. The smallest absolute Gasteiger partial charge is 0.249 e. The normalized spacial score (nSPS) is 23.1. The number of rotatable bonds is 5. The molecule has 2 aromatic rings. The van der Waals surface area contributed by atoms with Gasteiger partial charge in [0.1, 0.15) is 5.82 Å². The van der Waals surface area contributed by atoms with E-state index in [0.29, 0.717) is 25.5 Å². The van der Waals surface area contributed by atoms with Gasteiger partial charge in [-0.3, -0.25) is 15.0 Å². The molecular weight excluding hydrogens is 402 g/mol. The predicted octanol–water partition coefficient (Wildman–Crippen LogP) is 1.56. The van der Waals surface area contributed by atoms with Crippen molar-refractivity contribution in [2.45, 2.75) is 31.8 Å². The van der Waals surface area contributed by atoms with Gasteiger partial charge in [-0.25, -0.2) is 13.1 Å². The molecule has 30 heavy (non-hydrogen) atoms. The molecule has 1 aromatic heterocycles. The number of amides is 1. The first-order valence-electron chi connectivity index (χ1n) is 10.4. The summed E-state index contributed by atoms with van der Waals surface area (Å²) in [6.07, 6.45) is 6.78. The Labute approximate surface area is 175 Å². The van der Waals surface area contributed by atoms with Gasteiger partial charge in [-0.05, 0) is 24.0 Å². The minimum Gasteiger partial charge on any atom is -0.297 e. The van der Waals surface area contributed by atoms with Crippen molar-refractivity contribution < 1.29 is 13.2 Å². The van der Waals surface area contributed by atoms with Gasteiger partial charge in [0.2, 0.25) is 11.9 Å². The summed E-state index contributed by atoms with van der Waals surface area (Å²) >= 11 is 0. The van der Waals surface area contributed by atoms with Crippen molar-refractivity contribution in [3.05, 3.63) is 53.4 Å². The molecule has 158 valence electrons. The fourth-order valence-electron chi connectivity index (χ4n) is 3.95. The van der Waals surface area contributed by atoms with Crippen LogP contribution in [0.5, 0.6) is 0 Å². The maximum Gasteiger partial charge on any atom is 0.249 e. The van der Waals surface area contributed by atoms with Crippen LogP contribution in [0.3, 0.4) is 0 Å². The average molecular weight is 428 g/mol. The van der Waals surface area contributed by atoms with E-state index < -0.39 is 9.84 Å². The third-order valence-corrected chi connectivity index (χ3v) is 7.54. The van der Waals surface area contributed by atoms with Crippen molar-refractivity contribution in [3.8, 4) is 0 Å². The van der Waals surface area contributed by atoms with Crippen LogP contribution in [0.25, 0.3) is 0 Å². The van der Waals surface area contributed by atoms with E-state index in [2.05, 4.69) is 56.7 Å². The molecule has 9 heteroatoms. The van der Waals surface area contributed by atoms with Crippen LogP contribution in [0.2, 0.25) is 0 Å². The summed E-state index contributed by atoms with van der Waals surface area (Å²) in [4.78, 5) is 18.7. The maximum atomic E-state index is 12.0. The number of allylic oxidation sites excluding steroid dienone is 2. The molecule has 0 spiro atoms. The fourth-order valence-corrected chi connectivity index (χ4v) is 5.23. The Morgan fingerprint density at radius 3 is 2.57 bits per heavy atom. The number of hydrogen-bond donors (Lipinski definition) is 1. The number of aromatic nitrogens is 3. The van der Waals surface area contributed by atoms with E-state index in [0.717, 1.165) is 36.3 Å². The Morgan fingerprint density at radius 2 is 1.87 bits per heavy atom. The molecule has 8 nitrogen and oxygen atoms in total. The number of fused-ring (bicyclic) bond motifs is 1. The molecule has 5 rings (SSSR count). The van der Waals surface area contributed by atoms with Crippen molar-refractivity contribution in [1.82, 2.24) is 19.7 Å². The van der Waals surface area contributed by atoms with Crippen molar-refractivity contribution in [3.63, 3.8) is 0 Å². The first-order chi connectivity index (χ1) is 14.5. The molecular formula is C21H25N5O3S. The zero-order valence-corrected chi connectivity index (χ0v) is 17.5. The summed E-state index contributed by atoms with van der Waals surface area (Å²) < 4.78 is 25.1. The molecule has 1 N–H and O–H groups in total. The summed E-state index contributed by atoms with van der Waals surface area (Å²) in [5.41, 5.74) is 2.26. The van der Waals surface area contributed by atoms with Gasteiger partial charge in [-0.1, -0.05) is 36.4 Å². The van der Waals surface area contributed by atoms with Crippen LogP contribution in [0.1, 0.15) is 35.8 Å². The molecule has 2 aliphatic heterocycles. The van der Waals surface area contributed by atoms with E-state index in [1.165, 1.54) is 0 Å². The molecule has 1 aromatic carbocycles. The summed E-state index contributed by atoms with van der Waals surface area (Å²) in [5.74, 6) is 1.84. The van der Waals surface area contributed by atoms with E-state index >= 15 is 0 Å². The first-order valence-corrected chi connectivity index (χ1v) is 12.2. The van der Waals surface area contributed by atoms with Crippen LogP contribution in [0.15, 0.2) is 36.4 Å². The molecule has 3 aliphatic rings. The van der Waals surface area contributed by atoms with Gasteiger partial charge in [0.05, 0.1) is 17.5 Å². The highest BCUT2D eigenvalue weighted by molar-refractivity contribution is 7.91. The highest BCUT2D eigenvalue weighted by Crippen LogP contribution is 2.30. The number of carbonyl (C=O) groups excluding carboxylic acids is 1. The Bertz CT molecular complexity index is 1070. The molecule has 1 aliphatic carbocycles. The van der Waals surface area contributed by atoms with Crippen LogP contribution >= 0.6 is 0 Å². The second-order valence-electron chi connectivity index (χ2n) is 8.31. The Hall–Kier alpha value is -2.52. The summed E-state index contributed by atoms with van der Waals surface area (Å²) in [6.45, 7) is 1.93. The summed E-state index contributed by atoms with van der Waals surface area (Å²) in [7, 11) is -2.86. The number of anilines is 1. The number of carbonyl (C=O) groups is 1.